The second kappa shape index (κ2) is 4.98. The molecule has 110 valence electrons. The predicted octanol–water partition coefficient (Wildman–Crippen LogP) is 2.37. The number of fused-ring (bicyclic) bond motifs is 1. The van der Waals surface area contributed by atoms with Gasteiger partial charge in [-0.25, -0.2) is 0 Å². The molecule has 1 aromatic carbocycles. The third-order valence-electron chi connectivity index (χ3n) is 4.49. The van der Waals surface area contributed by atoms with Gasteiger partial charge in [0.05, 0.1) is 11.0 Å². The summed E-state index contributed by atoms with van der Waals surface area (Å²) < 4.78 is 0. The molecule has 0 spiro atoms. The zero-order chi connectivity index (χ0) is 15.0. The number of rotatable bonds is 2. The molecule has 2 N–H and O–H groups in total. The van der Waals surface area contributed by atoms with Crippen LogP contribution in [0.4, 0.5) is 0 Å². The van der Waals surface area contributed by atoms with E-state index in [4.69, 9.17) is 0 Å². The van der Waals surface area contributed by atoms with Gasteiger partial charge in [-0.3, -0.25) is 14.4 Å². The summed E-state index contributed by atoms with van der Waals surface area (Å²) in [7, 11) is 0. The molecule has 2 aromatic rings. The van der Waals surface area contributed by atoms with Crippen LogP contribution in [0.15, 0.2) is 27.8 Å². The molecule has 1 fully saturated rings. The minimum Gasteiger partial charge on any atom is -0.316 e. The van der Waals surface area contributed by atoms with Crippen molar-refractivity contribution in [1.29, 1.82) is 0 Å². The highest BCUT2D eigenvalue weighted by atomic mass is 16.2. The molecule has 0 atom stereocenters. The zero-order valence-corrected chi connectivity index (χ0v) is 12.0. The number of hydrogen-bond acceptors (Lipinski definition) is 3. The highest BCUT2D eigenvalue weighted by Gasteiger charge is 2.35. The topological polar surface area (TPSA) is 82.8 Å². The Morgan fingerprint density at radius 1 is 1.00 bits per heavy atom. The molecule has 1 aliphatic carbocycles. The standard InChI is InChI=1S/C16H18N2O3/c1-16(7-3-2-4-8-16)13(19)10-5-6-11-12(9-10)18-15(21)14(20)17-11/h5-6,9H,2-4,7-8H2,1H3,(H,17,20)(H,18,21). The Balaban J connectivity index is 2.04. The molecule has 0 unspecified atom stereocenters. The maximum atomic E-state index is 12.8. The minimum absolute atomic E-state index is 0.121. The van der Waals surface area contributed by atoms with Crippen LogP contribution in [0.1, 0.15) is 49.4 Å². The van der Waals surface area contributed by atoms with Gasteiger partial charge in [0, 0.05) is 11.0 Å². The van der Waals surface area contributed by atoms with Crippen LogP contribution in [0, 0.1) is 5.41 Å². The third kappa shape index (κ3) is 2.44. The molecule has 0 radical (unpaired) electrons. The molecule has 1 aromatic heterocycles. The van der Waals surface area contributed by atoms with Crippen molar-refractivity contribution in [3.8, 4) is 0 Å². The van der Waals surface area contributed by atoms with Gasteiger partial charge in [-0.15, -0.1) is 0 Å². The number of hydrogen-bond donors (Lipinski definition) is 2. The second-order valence-electron chi connectivity index (χ2n) is 6.12. The molecule has 1 heterocycles. The van der Waals surface area contributed by atoms with E-state index in [0.29, 0.717) is 16.6 Å². The molecular weight excluding hydrogens is 268 g/mol. The summed E-state index contributed by atoms with van der Waals surface area (Å²) in [6.45, 7) is 2.02. The lowest BCUT2D eigenvalue weighted by atomic mass is 9.71. The van der Waals surface area contributed by atoms with Crippen molar-refractivity contribution >= 4 is 16.8 Å². The van der Waals surface area contributed by atoms with Crippen molar-refractivity contribution in [3.63, 3.8) is 0 Å². The third-order valence-corrected chi connectivity index (χ3v) is 4.49. The minimum atomic E-state index is -0.698. The average Bonchev–Trinajstić information content (AvgIpc) is 2.48. The Morgan fingerprint density at radius 2 is 1.62 bits per heavy atom. The maximum Gasteiger partial charge on any atom is 0.314 e. The molecule has 0 amide bonds. The first-order chi connectivity index (χ1) is 9.99. The van der Waals surface area contributed by atoms with Gasteiger partial charge in [-0.2, -0.15) is 0 Å². The Kier molecular flexibility index (Phi) is 3.27. The molecule has 0 aliphatic heterocycles. The van der Waals surface area contributed by atoms with E-state index < -0.39 is 11.1 Å². The van der Waals surface area contributed by atoms with Crippen LogP contribution in [0.5, 0.6) is 0 Å². The number of benzene rings is 1. The second-order valence-corrected chi connectivity index (χ2v) is 6.12. The molecule has 1 saturated carbocycles. The lowest BCUT2D eigenvalue weighted by molar-refractivity contribution is 0.0749. The Morgan fingerprint density at radius 3 is 2.29 bits per heavy atom. The number of nitrogens with one attached hydrogen (secondary N) is 2. The number of aromatic amines is 2. The molecule has 5 heteroatoms. The van der Waals surface area contributed by atoms with Crippen molar-refractivity contribution in [2.24, 2.45) is 5.41 Å². The van der Waals surface area contributed by atoms with Crippen molar-refractivity contribution in [2.45, 2.75) is 39.0 Å². The van der Waals surface area contributed by atoms with Gasteiger partial charge >= 0.3 is 11.1 Å². The van der Waals surface area contributed by atoms with Crippen molar-refractivity contribution in [3.05, 3.63) is 44.5 Å². The van der Waals surface area contributed by atoms with E-state index >= 15 is 0 Å². The summed E-state index contributed by atoms with van der Waals surface area (Å²) in [5.41, 5.74) is -0.0739. The first kappa shape index (κ1) is 13.8. The smallest absolute Gasteiger partial charge is 0.314 e. The molecule has 3 rings (SSSR count). The summed E-state index contributed by atoms with van der Waals surface area (Å²) >= 11 is 0. The Labute approximate surface area is 121 Å². The number of aromatic nitrogens is 2. The van der Waals surface area contributed by atoms with E-state index in [0.717, 1.165) is 25.7 Å². The molecule has 21 heavy (non-hydrogen) atoms. The van der Waals surface area contributed by atoms with Crippen LogP contribution in [0.25, 0.3) is 11.0 Å². The lowest BCUT2D eigenvalue weighted by Gasteiger charge is -2.32. The van der Waals surface area contributed by atoms with E-state index in [2.05, 4.69) is 9.97 Å². The highest BCUT2D eigenvalue weighted by Crippen LogP contribution is 2.38. The monoisotopic (exact) mass is 286 g/mol. The predicted molar refractivity (Wildman–Crippen MR) is 80.7 cm³/mol. The van der Waals surface area contributed by atoms with Crippen molar-refractivity contribution < 1.29 is 4.79 Å². The van der Waals surface area contributed by atoms with Gasteiger partial charge in [0.25, 0.3) is 0 Å². The van der Waals surface area contributed by atoms with Crippen LogP contribution in [0.2, 0.25) is 0 Å². The summed E-state index contributed by atoms with van der Waals surface area (Å²) in [5, 5.41) is 0. The summed E-state index contributed by atoms with van der Waals surface area (Å²) in [6, 6.07) is 5.06. The number of ketones is 1. The van der Waals surface area contributed by atoms with Gasteiger partial charge in [0.2, 0.25) is 0 Å². The Bertz CT molecular complexity index is 810. The van der Waals surface area contributed by atoms with E-state index in [1.807, 2.05) is 6.92 Å². The first-order valence-corrected chi connectivity index (χ1v) is 7.31. The molecular formula is C16H18N2O3. The van der Waals surface area contributed by atoms with Crippen LogP contribution >= 0.6 is 0 Å². The van der Waals surface area contributed by atoms with E-state index in [1.165, 1.54) is 6.42 Å². The van der Waals surface area contributed by atoms with E-state index in [1.54, 1.807) is 18.2 Å². The fourth-order valence-electron chi connectivity index (χ4n) is 3.16. The van der Waals surface area contributed by atoms with Gasteiger partial charge in [-0.05, 0) is 31.0 Å². The van der Waals surface area contributed by atoms with Crippen LogP contribution < -0.4 is 11.1 Å². The van der Waals surface area contributed by atoms with E-state index in [-0.39, 0.29) is 11.2 Å². The van der Waals surface area contributed by atoms with Gasteiger partial charge in [0.15, 0.2) is 5.78 Å². The highest BCUT2D eigenvalue weighted by molar-refractivity contribution is 6.02. The summed E-state index contributed by atoms with van der Waals surface area (Å²) in [6.07, 6.45) is 5.17. The van der Waals surface area contributed by atoms with Gasteiger partial charge < -0.3 is 9.97 Å². The fourth-order valence-corrected chi connectivity index (χ4v) is 3.16. The molecule has 5 nitrogen and oxygen atoms in total. The van der Waals surface area contributed by atoms with Crippen molar-refractivity contribution in [2.75, 3.05) is 0 Å². The quantitative estimate of drug-likeness (QED) is 0.656. The van der Waals surface area contributed by atoms with Crippen molar-refractivity contribution in [1.82, 2.24) is 9.97 Å². The van der Waals surface area contributed by atoms with E-state index in [9.17, 15) is 14.4 Å². The zero-order valence-electron chi connectivity index (χ0n) is 12.0. The normalized spacial score (nSPS) is 17.8. The number of carbonyl (C=O) groups excluding carboxylic acids is 1. The van der Waals surface area contributed by atoms with Crippen LogP contribution in [-0.4, -0.2) is 15.8 Å². The van der Waals surface area contributed by atoms with Crippen LogP contribution in [0.3, 0.4) is 0 Å². The maximum absolute atomic E-state index is 12.8. The lowest BCUT2D eigenvalue weighted by Crippen LogP contribution is -2.31. The molecule has 1 aliphatic rings. The Hall–Kier alpha value is -2.17. The summed E-state index contributed by atoms with van der Waals surface area (Å²) in [4.78, 5) is 40.5. The van der Waals surface area contributed by atoms with Crippen LogP contribution in [-0.2, 0) is 0 Å². The fraction of sp³-hybridized carbons (Fsp3) is 0.438. The number of carbonyl (C=O) groups is 1. The summed E-state index contributed by atoms with van der Waals surface area (Å²) in [5.74, 6) is 0.121. The largest absolute Gasteiger partial charge is 0.316 e. The average molecular weight is 286 g/mol. The first-order valence-electron chi connectivity index (χ1n) is 7.31. The molecule has 0 bridgehead atoms. The number of H-pyrrole nitrogens is 2. The van der Waals surface area contributed by atoms with Gasteiger partial charge in [-0.1, -0.05) is 26.2 Å². The molecule has 0 saturated heterocycles. The number of Topliss-reactive ketones (excluding diaryl/α,β-unsaturated/α-hetero) is 1. The van der Waals surface area contributed by atoms with Gasteiger partial charge in [0.1, 0.15) is 0 Å². The SMILES string of the molecule is CC1(C(=O)c2ccc3[nH]c(=O)c(=O)[nH]c3c2)CCCCC1.